The number of hydrogen-bond donors (Lipinski definition) is 3. The quantitative estimate of drug-likeness (QED) is 0.651. The van der Waals surface area contributed by atoms with E-state index in [4.69, 9.17) is 10.2 Å². The molecule has 16 heavy (non-hydrogen) atoms. The highest BCUT2D eigenvalue weighted by molar-refractivity contribution is 5.73. The van der Waals surface area contributed by atoms with E-state index in [-0.39, 0.29) is 0 Å². The largest absolute Gasteiger partial charge is 0.480 e. The summed E-state index contributed by atoms with van der Waals surface area (Å²) in [5.74, 6) is -0.883. The first kappa shape index (κ1) is 11.1. The molecule has 1 fully saturated rings. The van der Waals surface area contributed by atoms with Crippen LogP contribution in [-0.4, -0.2) is 34.9 Å². The minimum absolute atomic E-state index is 0.329. The summed E-state index contributed by atoms with van der Waals surface area (Å²) in [5, 5.41) is 19.8. The van der Waals surface area contributed by atoms with Crippen LogP contribution < -0.4 is 5.32 Å². The molecule has 1 aromatic carbocycles. The highest BCUT2D eigenvalue weighted by Gasteiger charge is 2.27. The zero-order chi connectivity index (χ0) is 11.5. The third kappa shape index (κ3) is 2.81. The highest BCUT2D eigenvalue weighted by Crippen LogP contribution is 2.25. The topological polar surface area (TPSA) is 69.6 Å². The van der Waals surface area contributed by atoms with Crippen molar-refractivity contribution in [3.63, 3.8) is 0 Å². The van der Waals surface area contributed by atoms with E-state index in [9.17, 15) is 4.79 Å². The van der Waals surface area contributed by atoms with Crippen LogP contribution in [0.1, 0.15) is 17.5 Å². The van der Waals surface area contributed by atoms with Crippen LogP contribution in [0.3, 0.4) is 0 Å². The van der Waals surface area contributed by atoms with Crippen molar-refractivity contribution in [1.82, 2.24) is 5.32 Å². The summed E-state index contributed by atoms with van der Waals surface area (Å²) < 4.78 is 0. The number of hydrogen-bond acceptors (Lipinski definition) is 3. The molecule has 0 radical (unpaired) electrons. The van der Waals surface area contributed by atoms with Crippen LogP contribution in [0.15, 0.2) is 24.3 Å². The van der Waals surface area contributed by atoms with Gasteiger partial charge in [0.1, 0.15) is 6.04 Å². The smallest absolute Gasteiger partial charge is 0.320 e. The van der Waals surface area contributed by atoms with Gasteiger partial charge in [-0.2, -0.15) is 0 Å². The van der Waals surface area contributed by atoms with E-state index >= 15 is 0 Å². The number of nitrogens with one attached hydrogen (secondary N) is 1. The average molecular weight is 221 g/mol. The van der Waals surface area contributed by atoms with Crippen LogP contribution in [0.25, 0.3) is 0 Å². The summed E-state index contributed by atoms with van der Waals surface area (Å²) in [6, 6.07) is 7.99. The lowest BCUT2D eigenvalue weighted by molar-refractivity contribution is -0.139. The Balaban J connectivity index is 0.000000123. The van der Waals surface area contributed by atoms with Gasteiger partial charge in [0.15, 0.2) is 0 Å². The predicted octanol–water partition coefficient (Wildman–Crippen LogP) is 0.385. The zero-order valence-electron chi connectivity index (χ0n) is 8.89. The van der Waals surface area contributed by atoms with Gasteiger partial charge in [-0.15, -0.1) is 0 Å². The number of carboxylic acid groups (broad SMARTS) is 1. The van der Waals surface area contributed by atoms with Crippen molar-refractivity contribution in [2.45, 2.75) is 25.0 Å². The van der Waals surface area contributed by atoms with E-state index in [0.717, 1.165) is 0 Å². The molecule has 0 bridgehead atoms. The monoisotopic (exact) mass is 221 g/mol. The average Bonchev–Trinajstić information content (AvgIpc) is 2.93. The van der Waals surface area contributed by atoms with Crippen LogP contribution >= 0.6 is 0 Å². The summed E-state index contributed by atoms with van der Waals surface area (Å²) in [5.41, 5.74) is 3.06. The molecule has 4 nitrogen and oxygen atoms in total. The van der Waals surface area contributed by atoms with E-state index in [1.807, 2.05) is 0 Å². The van der Waals surface area contributed by atoms with Crippen molar-refractivity contribution in [3.8, 4) is 0 Å². The van der Waals surface area contributed by atoms with Gasteiger partial charge in [-0.1, -0.05) is 24.3 Å². The van der Waals surface area contributed by atoms with Crippen molar-refractivity contribution in [1.29, 1.82) is 0 Å². The number of rotatable bonds is 1. The molecule has 1 saturated heterocycles. The number of aliphatic hydroxyl groups excluding tert-OH is 1. The third-order valence-corrected chi connectivity index (χ3v) is 2.78. The number of benzene rings is 1. The maximum Gasteiger partial charge on any atom is 0.320 e. The van der Waals surface area contributed by atoms with Gasteiger partial charge in [-0.3, -0.25) is 4.79 Å². The molecule has 2 aliphatic rings. The van der Waals surface area contributed by atoms with Crippen LogP contribution in [0, 0.1) is 0 Å². The molecule has 0 aromatic heterocycles. The van der Waals surface area contributed by atoms with Crippen molar-refractivity contribution in [2.24, 2.45) is 0 Å². The maximum absolute atomic E-state index is 10.2. The van der Waals surface area contributed by atoms with Gasteiger partial charge < -0.3 is 15.5 Å². The first-order valence-corrected chi connectivity index (χ1v) is 5.38. The molecule has 86 valence electrons. The Hall–Kier alpha value is -1.39. The Kier molecular flexibility index (Phi) is 3.22. The third-order valence-electron chi connectivity index (χ3n) is 2.78. The van der Waals surface area contributed by atoms with Crippen molar-refractivity contribution in [2.75, 3.05) is 6.54 Å². The normalized spacial score (nSPS) is 25.3. The summed E-state index contributed by atoms with van der Waals surface area (Å²) in [7, 11) is 0. The summed E-state index contributed by atoms with van der Waals surface area (Å²) in [6.07, 6.45) is 1.09. The SMILES string of the molecule is O=C(O)C1CC(O)CN1.c1ccc2c(c1)C2. The fourth-order valence-corrected chi connectivity index (χ4v) is 1.74. The van der Waals surface area contributed by atoms with Gasteiger partial charge in [0, 0.05) is 13.0 Å². The number of aliphatic hydroxyl groups is 1. The summed E-state index contributed by atoms with van der Waals surface area (Å²) in [4.78, 5) is 10.2. The Morgan fingerprint density at radius 1 is 1.31 bits per heavy atom. The van der Waals surface area contributed by atoms with Gasteiger partial charge in [-0.05, 0) is 17.5 Å². The second-order valence-electron chi connectivity index (χ2n) is 4.13. The Morgan fingerprint density at radius 2 is 1.94 bits per heavy atom. The molecule has 1 aliphatic carbocycles. The van der Waals surface area contributed by atoms with Gasteiger partial charge in [-0.25, -0.2) is 0 Å². The molecule has 4 heteroatoms. The molecule has 0 spiro atoms. The summed E-state index contributed by atoms with van der Waals surface area (Å²) in [6.45, 7) is 0.400. The van der Waals surface area contributed by atoms with Gasteiger partial charge in [0.05, 0.1) is 6.10 Å². The van der Waals surface area contributed by atoms with Crippen molar-refractivity contribution < 1.29 is 15.0 Å². The number of fused-ring (bicyclic) bond motifs is 1. The van der Waals surface area contributed by atoms with E-state index < -0.39 is 18.1 Å². The summed E-state index contributed by atoms with van der Waals surface area (Å²) >= 11 is 0. The molecule has 0 saturated carbocycles. The van der Waals surface area contributed by atoms with Crippen LogP contribution in [0.4, 0.5) is 0 Å². The second-order valence-corrected chi connectivity index (χ2v) is 4.13. The number of β-amino-alcohol motifs (C(OH)–C–C–N with tert-alkyl or cyclic N) is 1. The molecule has 2 unspecified atom stereocenters. The van der Waals surface area contributed by atoms with E-state index in [1.165, 1.54) is 17.5 Å². The maximum atomic E-state index is 10.2. The van der Waals surface area contributed by atoms with Crippen molar-refractivity contribution >= 4 is 5.97 Å². The van der Waals surface area contributed by atoms with Gasteiger partial charge in [0.25, 0.3) is 0 Å². The lowest BCUT2D eigenvalue weighted by Crippen LogP contribution is -2.29. The molecular weight excluding hydrogens is 206 g/mol. The second kappa shape index (κ2) is 4.63. The van der Waals surface area contributed by atoms with Gasteiger partial charge in [0.2, 0.25) is 0 Å². The fraction of sp³-hybridized carbons (Fsp3) is 0.417. The molecule has 1 aromatic rings. The molecule has 3 N–H and O–H groups in total. The lowest BCUT2D eigenvalue weighted by atomic mass is 10.2. The first-order valence-electron chi connectivity index (χ1n) is 5.38. The molecule has 0 amide bonds. The van der Waals surface area contributed by atoms with E-state index in [1.54, 1.807) is 0 Å². The molecule has 1 heterocycles. The van der Waals surface area contributed by atoms with Gasteiger partial charge >= 0.3 is 5.97 Å². The predicted molar refractivity (Wildman–Crippen MR) is 59.3 cm³/mol. The molecular formula is C12H15NO3. The number of aliphatic carboxylic acids is 1. The first-order chi connectivity index (χ1) is 7.66. The Labute approximate surface area is 93.9 Å². The molecule has 3 rings (SSSR count). The molecule has 2 atom stereocenters. The van der Waals surface area contributed by atoms with Crippen LogP contribution in [-0.2, 0) is 11.2 Å². The zero-order valence-corrected chi connectivity index (χ0v) is 8.89. The van der Waals surface area contributed by atoms with E-state index in [2.05, 4.69) is 29.6 Å². The minimum atomic E-state index is -0.883. The Morgan fingerprint density at radius 3 is 2.25 bits per heavy atom. The van der Waals surface area contributed by atoms with E-state index in [0.29, 0.717) is 13.0 Å². The fourth-order valence-electron chi connectivity index (χ4n) is 1.74. The highest BCUT2D eigenvalue weighted by atomic mass is 16.4. The Bertz CT molecular complexity index is 371. The lowest BCUT2D eigenvalue weighted by Gasteiger charge is -1.99. The minimum Gasteiger partial charge on any atom is -0.480 e. The number of carbonyl (C=O) groups is 1. The van der Waals surface area contributed by atoms with Crippen LogP contribution in [0.5, 0.6) is 0 Å². The standard InChI is InChI=1S/C7H6.C5H9NO3/c1-2-4-7-5-6(7)3-1;7-3-1-4(5(8)9)6-2-3/h1-4H,5H2;3-4,6-7H,1-2H2,(H,8,9). The molecule has 1 aliphatic heterocycles. The number of carboxylic acids is 1. The van der Waals surface area contributed by atoms with Crippen LogP contribution in [0.2, 0.25) is 0 Å². The van der Waals surface area contributed by atoms with Crippen molar-refractivity contribution in [3.05, 3.63) is 35.4 Å².